The normalized spacial score (nSPS) is 20.1. The first-order chi connectivity index (χ1) is 12.6. The lowest BCUT2D eigenvalue weighted by molar-refractivity contribution is -0.141. The molecule has 0 bridgehead atoms. The van der Waals surface area contributed by atoms with Crippen molar-refractivity contribution in [2.24, 2.45) is 0 Å². The van der Waals surface area contributed by atoms with E-state index in [1.54, 1.807) is 0 Å². The maximum Gasteiger partial charge on any atom is 0.434 e. The molecule has 0 radical (unpaired) electrons. The number of carbonyl (C=O) groups is 1. The third kappa shape index (κ3) is 4.30. The number of hydrogen-bond donors (Lipinski definition) is 1. The van der Waals surface area contributed by atoms with Crippen LogP contribution in [0, 0.1) is 0 Å². The average molecular weight is 410 g/mol. The minimum Gasteiger partial charge on any atom is -0.468 e. The van der Waals surface area contributed by atoms with Crippen LogP contribution in [0.5, 0.6) is 5.88 Å². The average Bonchev–Trinajstić information content (AvgIpc) is 3.20. The molecule has 3 heterocycles. The molecule has 2 aromatic heterocycles. The molecule has 3 rings (SSSR count). The predicted octanol–water partition coefficient (Wildman–Crippen LogP) is 2.48. The third-order valence-electron chi connectivity index (χ3n) is 3.71. The summed E-state index contributed by atoms with van der Waals surface area (Å²) in [5.74, 6) is -1.10. The van der Waals surface area contributed by atoms with Gasteiger partial charge in [-0.25, -0.2) is 14.4 Å². The zero-order chi connectivity index (χ0) is 19.8. The Labute approximate surface area is 154 Å². The van der Waals surface area contributed by atoms with Gasteiger partial charge in [-0.05, 0) is 6.07 Å². The zero-order valence-electron chi connectivity index (χ0n) is 13.4. The monoisotopic (exact) mass is 409 g/mol. The highest BCUT2D eigenvalue weighted by molar-refractivity contribution is 6.31. The molecular weight excluding hydrogens is 398 g/mol. The van der Waals surface area contributed by atoms with Crippen molar-refractivity contribution in [3.63, 3.8) is 0 Å². The number of halogens is 5. The highest BCUT2D eigenvalue weighted by Gasteiger charge is 2.36. The fourth-order valence-electron chi connectivity index (χ4n) is 2.39. The molecule has 7 nitrogen and oxygen atoms in total. The van der Waals surface area contributed by atoms with Crippen LogP contribution in [0.25, 0.3) is 0 Å². The molecule has 1 fully saturated rings. The van der Waals surface area contributed by atoms with Gasteiger partial charge in [0.25, 0.3) is 5.91 Å². The van der Waals surface area contributed by atoms with Gasteiger partial charge in [-0.3, -0.25) is 4.79 Å². The molecule has 0 spiro atoms. The highest BCUT2D eigenvalue weighted by Crippen LogP contribution is 2.34. The van der Waals surface area contributed by atoms with E-state index in [0.29, 0.717) is 0 Å². The maximum absolute atomic E-state index is 13.3. The van der Waals surface area contributed by atoms with Gasteiger partial charge in [-0.2, -0.15) is 13.2 Å². The van der Waals surface area contributed by atoms with Gasteiger partial charge in [0.1, 0.15) is 18.5 Å². The standard InChI is InChI=1S/C15H12ClF4N3O4/c16-7-1-2-11(22-13(7)15(18,19)20)27-6-12-21-9(5-26-12)14(25)23-3-8(17)10(24)4-23/h1-2,5,8,10,24H,3-4,6H2/t8-,10-/m1/s1. The number of nitrogens with zero attached hydrogens (tertiary/aromatic N) is 3. The number of aliphatic hydroxyl groups excluding tert-OH is 1. The van der Waals surface area contributed by atoms with Crippen molar-refractivity contribution in [3.05, 3.63) is 40.7 Å². The van der Waals surface area contributed by atoms with Gasteiger partial charge in [0, 0.05) is 6.07 Å². The Hall–Kier alpha value is -2.40. The number of alkyl halides is 4. The smallest absolute Gasteiger partial charge is 0.434 e. The number of aromatic nitrogens is 2. The Kier molecular flexibility index (Phi) is 5.24. The highest BCUT2D eigenvalue weighted by atomic mass is 35.5. The van der Waals surface area contributed by atoms with Crippen LogP contribution in [0.2, 0.25) is 5.02 Å². The molecule has 1 aliphatic rings. The Morgan fingerprint density at radius 2 is 2.11 bits per heavy atom. The number of pyridine rings is 1. The lowest BCUT2D eigenvalue weighted by atomic mass is 10.3. The van der Waals surface area contributed by atoms with E-state index < -0.39 is 41.7 Å². The van der Waals surface area contributed by atoms with Crippen molar-refractivity contribution >= 4 is 17.5 Å². The molecule has 146 valence electrons. The number of β-amino-alcohol motifs (C(OH)–C–C–N with tert-alkyl or cyclic N) is 1. The topological polar surface area (TPSA) is 88.7 Å². The first-order valence-corrected chi connectivity index (χ1v) is 7.95. The molecule has 0 unspecified atom stereocenters. The van der Waals surface area contributed by atoms with Crippen LogP contribution in [-0.2, 0) is 12.8 Å². The van der Waals surface area contributed by atoms with Gasteiger partial charge in [0.15, 0.2) is 18.0 Å². The number of hydrogen-bond acceptors (Lipinski definition) is 6. The fraction of sp³-hybridized carbons (Fsp3) is 0.400. The van der Waals surface area contributed by atoms with Crippen LogP contribution < -0.4 is 4.74 Å². The fourth-order valence-corrected chi connectivity index (χ4v) is 2.60. The number of amides is 1. The summed E-state index contributed by atoms with van der Waals surface area (Å²) in [7, 11) is 0. The molecule has 27 heavy (non-hydrogen) atoms. The second-order valence-corrected chi connectivity index (χ2v) is 6.09. The number of oxazole rings is 1. The van der Waals surface area contributed by atoms with Gasteiger partial charge in [-0.1, -0.05) is 11.6 Å². The number of aliphatic hydroxyl groups is 1. The minimum atomic E-state index is -4.74. The number of rotatable bonds is 4. The van der Waals surface area contributed by atoms with Crippen molar-refractivity contribution < 1.29 is 36.6 Å². The van der Waals surface area contributed by atoms with E-state index >= 15 is 0 Å². The third-order valence-corrected chi connectivity index (χ3v) is 4.02. The number of likely N-dealkylation sites (tertiary alicyclic amines) is 1. The largest absolute Gasteiger partial charge is 0.468 e. The van der Waals surface area contributed by atoms with Gasteiger partial charge < -0.3 is 19.2 Å². The Morgan fingerprint density at radius 1 is 1.37 bits per heavy atom. The van der Waals surface area contributed by atoms with Crippen LogP contribution in [0.3, 0.4) is 0 Å². The molecule has 1 N–H and O–H groups in total. The summed E-state index contributed by atoms with van der Waals surface area (Å²) < 4.78 is 61.7. The van der Waals surface area contributed by atoms with Gasteiger partial charge in [-0.15, -0.1) is 0 Å². The van der Waals surface area contributed by atoms with Crippen LogP contribution in [-0.4, -0.2) is 51.2 Å². The van der Waals surface area contributed by atoms with Crippen molar-refractivity contribution in [1.29, 1.82) is 0 Å². The van der Waals surface area contributed by atoms with Crippen molar-refractivity contribution in [2.45, 2.75) is 25.1 Å². The molecule has 0 saturated carbocycles. The van der Waals surface area contributed by atoms with E-state index in [9.17, 15) is 27.5 Å². The molecule has 2 atom stereocenters. The molecule has 1 amide bonds. The quantitative estimate of drug-likeness (QED) is 0.780. The van der Waals surface area contributed by atoms with Crippen LogP contribution in [0.15, 0.2) is 22.8 Å². The van der Waals surface area contributed by atoms with Crippen LogP contribution in [0.4, 0.5) is 17.6 Å². The second kappa shape index (κ2) is 7.31. The number of carbonyl (C=O) groups excluding carboxylic acids is 1. The van der Waals surface area contributed by atoms with E-state index in [1.807, 2.05) is 0 Å². The molecule has 1 saturated heterocycles. The van der Waals surface area contributed by atoms with E-state index in [1.165, 1.54) is 0 Å². The molecule has 2 aromatic rings. The SMILES string of the molecule is O=C(c1coc(COc2ccc(Cl)c(C(F)(F)F)n2)n1)N1C[C@@H](O)[C@H](F)C1. The van der Waals surface area contributed by atoms with Gasteiger partial charge >= 0.3 is 6.18 Å². The Bertz CT molecular complexity index is 835. The van der Waals surface area contributed by atoms with E-state index in [-0.39, 0.29) is 30.6 Å². The molecule has 0 aromatic carbocycles. The van der Waals surface area contributed by atoms with Crippen LogP contribution >= 0.6 is 11.6 Å². The summed E-state index contributed by atoms with van der Waals surface area (Å²) in [6, 6.07) is 2.13. The van der Waals surface area contributed by atoms with Crippen molar-refractivity contribution in [1.82, 2.24) is 14.9 Å². The number of ether oxygens (including phenoxy) is 1. The van der Waals surface area contributed by atoms with Crippen molar-refractivity contribution in [2.75, 3.05) is 13.1 Å². The molecule has 0 aliphatic carbocycles. The predicted molar refractivity (Wildman–Crippen MR) is 81.9 cm³/mol. The Balaban J connectivity index is 1.64. The van der Waals surface area contributed by atoms with E-state index in [2.05, 4.69) is 9.97 Å². The molecular formula is C15H12ClF4N3O4. The Morgan fingerprint density at radius 3 is 2.74 bits per heavy atom. The van der Waals surface area contributed by atoms with Gasteiger partial charge in [0.2, 0.25) is 11.8 Å². The summed E-state index contributed by atoms with van der Waals surface area (Å²) in [5.41, 5.74) is -1.44. The summed E-state index contributed by atoms with van der Waals surface area (Å²) in [4.78, 5) is 20.4. The molecule has 1 aliphatic heterocycles. The summed E-state index contributed by atoms with van der Waals surface area (Å²) in [6.45, 7) is -0.839. The summed E-state index contributed by atoms with van der Waals surface area (Å²) in [6.07, 6.45) is -6.53. The first kappa shape index (κ1) is 19.4. The van der Waals surface area contributed by atoms with E-state index in [0.717, 1.165) is 23.3 Å². The summed E-state index contributed by atoms with van der Waals surface area (Å²) in [5, 5.41) is 8.78. The van der Waals surface area contributed by atoms with Crippen molar-refractivity contribution in [3.8, 4) is 5.88 Å². The lowest BCUT2D eigenvalue weighted by Crippen LogP contribution is -2.29. The van der Waals surface area contributed by atoms with Gasteiger partial charge in [0.05, 0.1) is 18.1 Å². The minimum absolute atomic E-state index is 0.0970. The summed E-state index contributed by atoms with van der Waals surface area (Å²) >= 11 is 5.46. The molecule has 12 heteroatoms. The van der Waals surface area contributed by atoms with Crippen LogP contribution in [0.1, 0.15) is 22.1 Å². The van der Waals surface area contributed by atoms with E-state index in [4.69, 9.17) is 20.8 Å². The maximum atomic E-state index is 13.3. The second-order valence-electron chi connectivity index (χ2n) is 5.69. The lowest BCUT2D eigenvalue weighted by Gasteiger charge is -2.12. The zero-order valence-corrected chi connectivity index (χ0v) is 14.2. The first-order valence-electron chi connectivity index (χ1n) is 7.57.